The van der Waals surface area contributed by atoms with Gasteiger partial charge in [0.25, 0.3) is 5.91 Å². The first-order valence-electron chi connectivity index (χ1n) is 9.94. The number of hydrogen-bond donors (Lipinski definition) is 1. The molecule has 1 aliphatic rings. The highest BCUT2D eigenvalue weighted by atomic mass is 35.5. The summed E-state index contributed by atoms with van der Waals surface area (Å²) >= 11 is 18.8. The Morgan fingerprint density at radius 1 is 1.06 bits per heavy atom. The molecule has 2 aromatic carbocycles. The van der Waals surface area contributed by atoms with Crippen LogP contribution >= 0.6 is 34.8 Å². The number of benzene rings is 2. The van der Waals surface area contributed by atoms with Crippen LogP contribution in [0.4, 0.5) is 0 Å². The number of amides is 1. The molecule has 162 valence electrons. The fourth-order valence-electron chi connectivity index (χ4n) is 4.01. The van der Waals surface area contributed by atoms with Gasteiger partial charge < -0.3 is 14.6 Å². The number of aryl methyl sites for hydroxylation is 1. The Balaban J connectivity index is 1.63. The van der Waals surface area contributed by atoms with Gasteiger partial charge in [-0.3, -0.25) is 4.79 Å². The topological polar surface area (TPSA) is 64.4 Å². The summed E-state index contributed by atoms with van der Waals surface area (Å²) in [5, 5.41) is 8.63. The van der Waals surface area contributed by atoms with Crippen molar-refractivity contribution in [1.29, 1.82) is 0 Å². The zero-order chi connectivity index (χ0) is 22.0. The molecule has 1 amide bonds. The van der Waals surface area contributed by atoms with E-state index in [4.69, 9.17) is 44.1 Å². The van der Waals surface area contributed by atoms with Crippen molar-refractivity contribution >= 4 is 40.7 Å². The van der Waals surface area contributed by atoms with Gasteiger partial charge in [0.2, 0.25) is 0 Å². The second kappa shape index (κ2) is 9.21. The minimum absolute atomic E-state index is 0.244. The normalized spacial score (nSPS) is 15.6. The fourth-order valence-corrected chi connectivity index (χ4v) is 4.71. The minimum Gasteiger partial charge on any atom is -0.381 e. The van der Waals surface area contributed by atoms with Crippen LogP contribution in [0.2, 0.25) is 15.1 Å². The second-order valence-corrected chi connectivity index (χ2v) is 8.89. The average molecular weight is 480 g/mol. The second-order valence-electron chi connectivity index (χ2n) is 7.64. The summed E-state index contributed by atoms with van der Waals surface area (Å²) in [5.41, 5.74) is 2.01. The van der Waals surface area contributed by atoms with E-state index in [-0.39, 0.29) is 11.3 Å². The first kappa shape index (κ1) is 22.2. The van der Waals surface area contributed by atoms with Crippen molar-refractivity contribution in [2.24, 2.45) is 0 Å². The number of ether oxygens (including phenoxy) is 1. The van der Waals surface area contributed by atoms with Gasteiger partial charge in [-0.2, -0.15) is 0 Å². The molecule has 1 aromatic heterocycles. The molecule has 0 unspecified atom stereocenters. The lowest BCUT2D eigenvalue weighted by molar-refractivity contribution is 0.0487. The molecule has 1 fully saturated rings. The molecular weight excluding hydrogens is 459 g/mol. The maximum absolute atomic E-state index is 13.3. The van der Waals surface area contributed by atoms with E-state index in [0.29, 0.717) is 57.4 Å². The van der Waals surface area contributed by atoms with Gasteiger partial charge in [0.05, 0.1) is 10.0 Å². The van der Waals surface area contributed by atoms with Gasteiger partial charge >= 0.3 is 0 Å². The zero-order valence-electron chi connectivity index (χ0n) is 16.9. The molecule has 4 rings (SSSR count). The predicted octanol–water partition coefficient (Wildman–Crippen LogP) is 6.09. The zero-order valence-corrected chi connectivity index (χ0v) is 19.2. The standard InChI is InChI=1S/C23H21Cl3N2O3/c1-14-19(21(28-31-14)20-17(25)3-2-4-18(20)26)22(29)27-13-23(9-11-30-12-10-23)15-5-7-16(24)8-6-15/h2-8H,9-13H2,1H3,(H,27,29). The van der Waals surface area contributed by atoms with Gasteiger partial charge in [-0.25, -0.2) is 0 Å². The summed E-state index contributed by atoms with van der Waals surface area (Å²) in [6.07, 6.45) is 1.58. The third kappa shape index (κ3) is 4.46. The van der Waals surface area contributed by atoms with E-state index in [9.17, 15) is 4.79 Å². The molecular formula is C23H21Cl3N2O3. The van der Waals surface area contributed by atoms with Crippen LogP contribution in [-0.2, 0) is 10.2 Å². The maximum Gasteiger partial charge on any atom is 0.257 e. The number of aromatic nitrogens is 1. The van der Waals surface area contributed by atoms with Crippen LogP contribution in [0.25, 0.3) is 11.3 Å². The highest BCUT2D eigenvalue weighted by molar-refractivity contribution is 6.39. The number of hydrogen-bond acceptors (Lipinski definition) is 4. The molecule has 1 N–H and O–H groups in total. The Morgan fingerprint density at radius 2 is 1.71 bits per heavy atom. The van der Waals surface area contributed by atoms with Crippen LogP contribution in [0.5, 0.6) is 0 Å². The summed E-state index contributed by atoms with van der Waals surface area (Å²) in [6.45, 7) is 3.40. The monoisotopic (exact) mass is 478 g/mol. The number of carbonyl (C=O) groups excluding carboxylic acids is 1. The largest absolute Gasteiger partial charge is 0.381 e. The van der Waals surface area contributed by atoms with Crippen LogP contribution in [0.3, 0.4) is 0 Å². The van der Waals surface area contributed by atoms with E-state index in [2.05, 4.69) is 10.5 Å². The van der Waals surface area contributed by atoms with Gasteiger partial charge in [0, 0.05) is 35.8 Å². The number of nitrogens with one attached hydrogen (secondary N) is 1. The van der Waals surface area contributed by atoms with Gasteiger partial charge in [0.1, 0.15) is 17.0 Å². The molecule has 1 saturated heterocycles. The Labute approximate surface area is 195 Å². The van der Waals surface area contributed by atoms with E-state index < -0.39 is 0 Å². The SMILES string of the molecule is Cc1onc(-c2c(Cl)cccc2Cl)c1C(=O)NCC1(c2ccc(Cl)cc2)CCOCC1. The molecule has 5 nitrogen and oxygen atoms in total. The number of nitrogens with zero attached hydrogens (tertiary/aromatic N) is 1. The van der Waals surface area contributed by atoms with Crippen LogP contribution < -0.4 is 5.32 Å². The van der Waals surface area contributed by atoms with Crippen molar-refractivity contribution in [2.45, 2.75) is 25.2 Å². The summed E-state index contributed by atoms with van der Waals surface area (Å²) in [6, 6.07) is 12.9. The van der Waals surface area contributed by atoms with E-state index in [1.807, 2.05) is 24.3 Å². The van der Waals surface area contributed by atoms with Gasteiger partial charge in [-0.05, 0) is 49.6 Å². The molecule has 0 aliphatic carbocycles. The molecule has 2 heterocycles. The van der Waals surface area contributed by atoms with Crippen molar-refractivity contribution in [1.82, 2.24) is 10.5 Å². The lowest BCUT2D eigenvalue weighted by Gasteiger charge is -2.38. The third-order valence-corrected chi connectivity index (χ3v) is 6.67. The van der Waals surface area contributed by atoms with Crippen molar-refractivity contribution in [3.8, 4) is 11.3 Å². The molecule has 3 aromatic rings. The number of rotatable bonds is 5. The number of carbonyl (C=O) groups is 1. The van der Waals surface area contributed by atoms with Crippen molar-refractivity contribution in [3.05, 3.63) is 74.4 Å². The average Bonchev–Trinajstić information content (AvgIpc) is 3.14. The van der Waals surface area contributed by atoms with E-state index in [1.165, 1.54) is 0 Å². The Kier molecular flexibility index (Phi) is 6.58. The van der Waals surface area contributed by atoms with E-state index >= 15 is 0 Å². The molecule has 31 heavy (non-hydrogen) atoms. The molecule has 0 radical (unpaired) electrons. The lowest BCUT2D eigenvalue weighted by atomic mass is 9.74. The quantitative estimate of drug-likeness (QED) is 0.481. The Bertz CT molecular complexity index is 1070. The van der Waals surface area contributed by atoms with Crippen molar-refractivity contribution < 1.29 is 14.1 Å². The van der Waals surface area contributed by atoms with Gasteiger partial charge in [-0.1, -0.05) is 58.2 Å². The molecule has 0 atom stereocenters. The lowest BCUT2D eigenvalue weighted by Crippen LogP contribution is -2.44. The maximum atomic E-state index is 13.3. The van der Waals surface area contributed by atoms with Crippen LogP contribution in [0.1, 0.15) is 34.5 Å². The Morgan fingerprint density at radius 3 is 2.35 bits per heavy atom. The summed E-state index contributed by atoms with van der Waals surface area (Å²) in [5.74, 6) is 0.112. The summed E-state index contributed by atoms with van der Waals surface area (Å²) < 4.78 is 10.9. The summed E-state index contributed by atoms with van der Waals surface area (Å²) in [7, 11) is 0. The van der Waals surface area contributed by atoms with Crippen molar-refractivity contribution in [2.75, 3.05) is 19.8 Å². The smallest absolute Gasteiger partial charge is 0.257 e. The van der Waals surface area contributed by atoms with Gasteiger partial charge in [-0.15, -0.1) is 0 Å². The number of halogens is 3. The molecule has 0 saturated carbocycles. The predicted molar refractivity (Wildman–Crippen MR) is 122 cm³/mol. The minimum atomic E-state index is -0.287. The van der Waals surface area contributed by atoms with Crippen LogP contribution in [-0.4, -0.2) is 30.8 Å². The first-order chi connectivity index (χ1) is 14.9. The highest BCUT2D eigenvalue weighted by Gasteiger charge is 2.36. The fraction of sp³-hybridized carbons (Fsp3) is 0.304. The molecule has 1 aliphatic heterocycles. The van der Waals surface area contributed by atoms with E-state index in [1.54, 1.807) is 25.1 Å². The highest BCUT2D eigenvalue weighted by Crippen LogP contribution is 2.38. The molecule has 8 heteroatoms. The van der Waals surface area contributed by atoms with Crippen LogP contribution in [0, 0.1) is 6.92 Å². The molecule has 0 spiro atoms. The molecule has 0 bridgehead atoms. The van der Waals surface area contributed by atoms with Crippen molar-refractivity contribution in [3.63, 3.8) is 0 Å². The van der Waals surface area contributed by atoms with E-state index in [0.717, 1.165) is 18.4 Å². The van der Waals surface area contributed by atoms with Gasteiger partial charge in [0.15, 0.2) is 0 Å². The third-order valence-electron chi connectivity index (χ3n) is 5.78. The summed E-state index contributed by atoms with van der Waals surface area (Å²) in [4.78, 5) is 13.3. The first-order valence-corrected chi connectivity index (χ1v) is 11.1. The van der Waals surface area contributed by atoms with Crippen LogP contribution in [0.15, 0.2) is 47.0 Å². The Hall–Kier alpha value is -2.05.